The normalized spacial score (nSPS) is 10.7. The van der Waals surface area contributed by atoms with E-state index in [2.05, 4.69) is 15.3 Å². The van der Waals surface area contributed by atoms with E-state index in [1.165, 1.54) is 0 Å². The fourth-order valence-corrected chi connectivity index (χ4v) is 1.71. The first-order valence-electron chi connectivity index (χ1n) is 5.62. The number of fused-ring (bicyclic) bond motifs is 1. The summed E-state index contributed by atoms with van der Waals surface area (Å²) in [4.78, 5) is 8.51. The SMILES string of the molecule is Nc1cccc2oc(NCc3ccccn3)nc12. The minimum atomic E-state index is 0.452. The third kappa shape index (κ3) is 1.98. The van der Waals surface area contributed by atoms with Gasteiger partial charge in [-0.1, -0.05) is 12.1 Å². The highest BCUT2D eigenvalue weighted by Crippen LogP contribution is 2.23. The molecule has 5 heteroatoms. The molecule has 0 radical (unpaired) electrons. The number of anilines is 2. The van der Waals surface area contributed by atoms with Crippen LogP contribution >= 0.6 is 0 Å². The molecule has 90 valence electrons. The molecule has 3 rings (SSSR count). The number of hydrogen-bond acceptors (Lipinski definition) is 5. The molecule has 0 unspecified atom stereocenters. The maximum absolute atomic E-state index is 5.81. The second-order valence-electron chi connectivity index (χ2n) is 3.89. The first-order valence-corrected chi connectivity index (χ1v) is 5.62. The average molecular weight is 240 g/mol. The number of para-hydroxylation sites is 1. The van der Waals surface area contributed by atoms with E-state index in [1.54, 1.807) is 12.3 Å². The zero-order chi connectivity index (χ0) is 12.4. The molecule has 0 aliphatic heterocycles. The van der Waals surface area contributed by atoms with Gasteiger partial charge in [0.25, 0.3) is 6.01 Å². The van der Waals surface area contributed by atoms with Crippen LogP contribution in [0, 0.1) is 0 Å². The summed E-state index contributed by atoms with van der Waals surface area (Å²) in [5.74, 6) is 0. The molecule has 5 nitrogen and oxygen atoms in total. The lowest BCUT2D eigenvalue weighted by molar-refractivity contribution is 0.614. The highest BCUT2D eigenvalue weighted by molar-refractivity contribution is 5.86. The maximum atomic E-state index is 5.81. The first kappa shape index (κ1) is 10.6. The number of nitrogen functional groups attached to an aromatic ring is 1. The van der Waals surface area contributed by atoms with E-state index in [-0.39, 0.29) is 0 Å². The number of nitrogens with two attached hydrogens (primary N) is 1. The summed E-state index contributed by atoms with van der Waals surface area (Å²) in [5.41, 5.74) is 8.71. The van der Waals surface area contributed by atoms with E-state index in [4.69, 9.17) is 10.2 Å². The molecule has 0 spiro atoms. The largest absolute Gasteiger partial charge is 0.423 e. The van der Waals surface area contributed by atoms with Crippen molar-refractivity contribution in [2.75, 3.05) is 11.1 Å². The van der Waals surface area contributed by atoms with Crippen LogP contribution in [0.1, 0.15) is 5.69 Å². The Morgan fingerprint density at radius 2 is 2.11 bits per heavy atom. The monoisotopic (exact) mass is 240 g/mol. The summed E-state index contributed by atoms with van der Waals surface area (Å²) in [6, 6.07) is 11.7. The third-order valence-corrected chi connectivity index (χ3v) is 2.60. The molecule has 0 amide bonds. The number of benzene rings is 1. The fourth-order valence-electron chi connectivity index (χ4n) is 1.71. The Morgan fingerprint density at radius 3 is 2.89 bits per heavy atom. The van der Waals surface area contributed by atoms with Crippen LogP contribution in [0.2, 0.25) is 0 Å². The molecule has 0 saturated carbocycles. The van der Waals surface area contributed by atoms with Crippen LogP contribution in [0.4, 0.5) is 11.7 Å². The lowest BCUT2D eigenvalue weighted by Crippen LogP contribution is -2.01. The Kier molecular flexibility index (Phi) is 2.57. The van der Waals surface area contributed by atoms with Crippen LogP contribution in [0.15, 0.2) is 47.0 Å². The average Bonchev–Trinajstić information content (AvgIpc) is 2.82. The first-order chi connectivity index (χ1) is 8.83. The van der Waals surface area contributed by atoms with Gasteiger partial charge in [0.15, 0.2) is 5.58 Å². The van der Waals surface area contributed by atoms with Crippen molar-refractivity contribution in [2.45, 2.75) is 6.54 Å². The van der Waals surface area contributed by atoms with Crippen LogP contribution in [0.5, 0.6) is 0 Å². The Bertz CT molecular complexity index is 663. The molecule has 0 aliphatic carbocycles. The van der Waals surface area contributed by atoms with E-state index in [0.717, 1.165) is 5.69 Å². The highest BCUT2D eigenvalue weighted by Gasteiger charge is 2.07. The summed E-state index contributed by atoms with van der Waals surface area (Å²) < 4.78 is 5.54. The van der Waals surface area contributed by atoms with Gasteiger partial charge in [0.05, 0.1) is 17.9 Å². The van der Waals surface area contributed by atoms with Crippen molar-refractivity contribution in [1.82, 2.24) is 9.97 Å². The number of nitrogens with zero attached hydrogens (tertiary/aromatic N) is 2. The Hall–Kier alpha value is -2.56. The lowest BCUT2D eigenvalue weighted by atomic mass is 10.3. The Morgan fingerprint density at radius 1 is 1.17 bits per heavy atom. The van der Waals surface area contributed by atoms with Crippen molar-refractivity contribution in [3.63, 3.8) is 0 Å². The minimum Gasteiger partial charge on any atom is -0.423 e. The smallest absolute Gasteiger partial charge is 0.296 e. The molecule has 2 aromatic heterocycles. The van der Waals surface area contributed by atoms with Crippen molar-refractivity contribution < 1.29 is 4.42 Å². The summed E-state index contributed by atoms with van der Waals surface area (Å²) in [6.45, 7) is 0.563. The summed E-state index contributed by atoms with van der Waals surface area (Å²) in [7, 11) is 0. The summed E-state index contributed by atoms with van der Waals surface area (Å²) in [5, 5.41) is 3.08. The summed E-state index contributed by atoms with van der Waals surface area (Å²) in [6.07, 6.45) is 1.75. The molecule has 3 N–H and O–H groups in total. The highest BCUT2D eigenvalue weighted by atomic mass is 16.4. The van der Waals surface area contributed by atoms with Gasteiger partial charge in [0.2, 0.25) is 0 Å². The van der Waals surface area contributed by atoms with Crippen LogP contribution in [0.25, 0.3) is 11.1 Å². The second-order valence-corrected chi connectivity index (χ2v) is 3.89. The van der Waals surface area contributed by atoms with Gasteiger partial charge < -0.3 is 15.5 Å². The number of hydrogen-bond donors (Lipinski definition) is 2. The molecule has 2 heterocycles. The van der Waals surface area contributed by atoms with Gasteiger partial charge in [-0.3, -0.25) is 4.98 Å². The molecule has 1 aromatic carbocycles. The van der Waals surface area contributed by atoms with Gasteiger partial charge in [-0.15, -0.1) is 0 Å². The molecular formula is C13H12N4O. The number of aromatic nitrogens is 2. The number of pyridine rings is 1. The quantitative estimate of drug-likeness (QED) is 0.687. The Labute approximate surface area is 104 Å². The topological polar surface area (TPSA) is 77.0 Å². The summed E-state index contributed by atoms with van der Waals surface area (Å²) >= 11 is 0. The fraction of sp³-hybridized carbons (Fsp3) is 0.0769. The molecule has 0 saturated heterocycles. The minimum absolute atomic E-state index is 0.452. The molecule has 18 heavy (non-hydrogen) atoms. The van der Waals surface area contributed by atoms with Crippen LogP contribution < -0.4 is 11.1 Å². The van der Waals surface area contributed by atoms with E-state index < -0.39 is 0 Å². The van der Waals surface area contributed by atoms with Gasteiger partial charge in [-0.05, 0) is 24.3 Å². The molecule has 3 aromatic rings. The third-order valence-electron chi connectivity index (χ3n) is 2.60. The van der Waals surface area contributed by atoms with Crippen molar-refractivity contribution in [1.29, 1.82) is 0 Å². The van der Waals surface area contributed by atoms with Crippen molar-refractivity contribution in [3.8, 4) is 0 Å². The molecule has 0 fully saturated rings. The number of nitrogens with one attached hydrogen (secondary N) is 1. The molecule has 0 aliphatic rings. The van der Waals surface area contributed by atoms with Gasteiger partial charge in [0.1, 0.15) is 5.52 Å². The van der Waals surface area contributed by atoms with Gasteiger partial charge in [-0.25, -0.2) is 0 Å². The molecular weight excluding hydrogens is 228 g/mol. The molecule has 0 atom stereocenters. The zero-order valence-electron chi connectivity index (χ0n) is 9.63. The predicted molar refractivity (Wildman–Crippen MR) is 70.0 cm³/mol. The van der Waals surface area contributed by atoms with E-state index in [0.29, 0.717) is 29.3 Å². The van der Waals surface area contributed by atoms with Gasteiger partial charge >= 0.3 is 0 Å². The van der Waals surface area contributed by atoms with Crippen LogP contribution in [0.3, 0.4) is 0 Å². The lowest BCUT2D eigenvalue weighted by Gasteiger charge is -1.99. The van der Waals surface area contributed by atoms with Gasteiger partial charge in [0, 0.05) is 6.20 Å². The second kappa shape index (κ2) is 4.37. The van der Waals surface area contributed by atoms with Gasteiger partial charge in [-0.2, -0.15) is 4.98 Å². The van der Waals surface area contributed by atoms with Crippen molar-refractivity contribution in [3.05, 3.63) is 48.3 Å². The number of rotatable bonds is 3. The van der Waals surface area contributed by atoms with E-state index in [9.17, 15) is 0 Å². The van der Waals surface area contributed by atoms with Crippen molar-refractivity contribution in [2.24, 2.45) is 0 Å². The van der Waals surface area contributed by atoms with E-state index >= 15 is 0 Å². The number of oxazole rings is 1. The maximum Gasteiger partial charge on any atom is 0.296 e. The predicted octanol–water partition coefficient (Wildman–Crippen LogP) is 2.42. The Balaban J connectivity index is 1.81. The zero-order valence-corrected chi connectivity index (χ0v) is 9.63. The van der Waals surface area contributed by atoms with Crippen molar-refractivity contribution >= 4 is 22.8 Å². The van der Waals surface area contributed by atoms with E-state index in [1.807, 2.05) is 30.3 Å². The van der Waals surface area contributed by atoms with Crippen LogP contribution in [-0.2, 0) is 6.54 Å². The standard InChI is InChI=1S/C13H12N4O/c14-10-5-3-6-11-12(10)17-13(18-11)16-8-9-4-1-2-7-15-9/h1-7H,8,14H2,(H,16,17). The van der Waals surface area contributed by atoms with Crippen LogP contribution in [-0.4, -0.2) is 9.97 Å². The molecule has 0 bridgehead atoms.